The number of rotatable bonds is 5. The van der Waals surface area contributed by atoms with Gasteiger partial charge in [-0.3, -0.25) is 0 Å². The fourth-order valence-corrected chi connectivity index (χ4v) is 2.52. The molecule has 0 aliphatic rings. The molecule has 6 nitrogen and oxygen atoms in total. The van der Waals surface area contributed by atoms with Crippen LogP contribution in [0.4, 0.5) is 11.6 Å². The highest BCUT2D eigenvalue weighted by Crippen LogP contribution is 2.28. The van der Waals surface area contributed by atoms with Gasteiger partial charge in [0.1, 0.15) is 32.3 Å². The first-order valence-corrected chi connectivity index (χ1v) is 7.77. The molecule has 1 N–H and O–H groups in total. The van der Waals surface area contributed by atoms with Gasteiger partial charge in [-0.2, -0.15) is 0 Å². The fourth-order valence-electron chi connectivity index (χ4n) is 1.21. The van der Waals surface area contributed by atoms with E-state index >= 15 is 0 Å². The second-order valence-corrected chi connectivity index (χ2v) is 6.71. The highest BCUT2D eigenvalue weighted by molar-refractivity contribution is 9.10. The summed E-state index contributed by atoms with van der Waals surface area (Å²) in [4.78, 5) is 9.93. The lowest BCUT2D eigenvalue weighted by Gasteiger charge is -2.19. The zero-order chi connectivity index (χ0) is 13.1. The van der Waals surface area contributed by atoms with Crippen molar-refractivity contribution in [2.75, 3.05) is 42.9 Å². The molecule has 0 saturated carbocycles. The molecule has 1 heterocycles. The predicted molar refractivity (Wildman–Crippen MR) is 72.3 cm³/mol. The van der Waals surface area contributed by atoms with Gasteiger partial charge in [-0.25, -0.2) is 18.4 Å². The van der Waals surface area contributed by atoms with Crippen molar-refractivity contribution in [3.63, 3.8) is 0 Å². The minimum atomic E-state index is -2.97. The van der Waals surface area contributed by atoms with Gasteiger partial charge in [0, 0.05) is 26.9 Å². The van der Waals surface area contributed by atoms with Crippen molar-refractivity contribution < 1.29 is 8.42 Å². The number of nitrogens with zero attached hydrogens (tertiary/aromatic N) is 3. The quantitative estimate of drug-likeness (QED) is 0.862. The molecule has 0 amide bonds. The first-order chi connectivity index (χ1) is 7.85. The normalized spacial score (nSPS) is 11.3. The Morgan fingerprint density at radius 3 is 2.65 bits per heavy atom. The Bertz CT molecular complexity index is 492. The van der Waals surface area contributed by atoms with Gasteiger partial charge in [-0.1, -0.05) is 0 Å². The maximum absolute atomic E-state index is 11.1. The Kier molecular flexibility index (Phi) is 4.70. The third-order valence-corrected chi connectivity index (χ3v) is 3.82. The third kappa shape index (κ3) is 4.12. The van der Waals surface area contributed by atoms with Crippen LogP contribution in [-0.2, 0) is 9.84 Å². The number of hydrogen-bond donors (Lipinski definition) is 1. The molecule has 0 spiro atoms. The predicted octanol–water partition coefficient (Wildman–Crippen LogP) is 0.762. The van der Waals surface area contributed by atoms with Crippen molar-refractivity contribution in [3.05, 3.63) is 10.8 Å². The molecule has 8 heteroatoms. The monoisotopic (exact) mass is 322 g/mol. The molecule has 1 aromatic rings. The first-order valence-electron chi connectivity index (χ1n) is 4.92. The average Bonchev–Trinajstić information content (AvgIpc) is 2.25. The minimum absolute atomic E-state index is 0.0921. The van der Waals surface area contributed by atoms with Crippen LogP contribution in [-0.4, -0.2) is 51.0 Å². The largest absolute Gasteiger partial charge is 0.372 e. The molecule has 96 valence electrons. The van der Waals surface area contributed by atoms with Crippen molar-refractivity contribution in [1.29, 1.82) is 0 Å². The van der Waals surface area contributed by atoms with Crippen molar-refractivity contribution >= 4 is 37.4 Å². The summed E-state index contributed by atoms with van der Waals surface area (Å²) in [6.45, 7) is 0.387. The van der Waals surface area contributed by atoms with Crippen LogP contribution in [0.5, 0.6) is 0 Å². The van der Waals surface area contributed by atoms with Crippen LogP contribution in [0.15, 0.2) is 10.8 Å². The van der Waals surface area contributed by atoms with Gasteiger partial charge < -0.3 is 10.2 Å². The zero-order valence-electron chi connectivity index (χ0n) is 9.94. The molecule has 1 aromatic heterocycles. The number of aromatic nitrogens is 2. The summed E-state index contributed by atoms with van der Waals surface area (Å²) in [5.74, 6) is 1.42. The average molecular weight is 323 g/mol. The number of halogens is 1. The number of hydrogen-bond acceptors (Lipinski definition) is 6. The van der Waals surface area contributed by atoms with E-state index in [-0.39, 0.29) is 5.75 Å². The van der Waals surface area contributed by atoms with E-state index in [4.69, 9.17) is 0 Å². The van der Waals surface area contributed by atoms with Crippen molar-refractivity contribution in [2.24, 2.45) is 0 Å². The van der Waals surface area contributed by atoms with Gasteiger partial charge in [0.05, 0.1) is 5.75 Å². The number of anilines is 2. The lowest BCUT2D eigenvalue weighted by atomic mass is 10.4. The first kappa shape index (κ1) is 14.2. The second-order valence-electron chi connectivity index (χ2n) is 3.66. The Morgan fingerprint density at radius 1 is 1.47 bits per heavy atom. The highest BCUT2D eigenvalue weighted by Gasteiger charge is 2.13. The van der Waals surface area contributed by atoms with E-state index in [1.165, 1.54) is 12.6 Å². The molecule has 17 heavy (non-hydrogen) atoms. The minimum Gasteiger partial charge on any atom is -0.372 e. The van der Waals surface area contributed by atoms with Crippen LogP contribution >= 0.6 is 15.9 Å². The summed E-state index contributed by atoms with van der Waals surface area (Å²) >= 11 is 3.38. The lowest BCUT2D eigenvalue weighted by Crippen LogP contribution is -2.26. The standard InChI is InChI=1S/C9H15BrN4O2S/c1-11-8-7(10)9(13-6-12-8)14(2)4-5-17(3,15)16/h6H,4-5H2,1-3H3,(H,11,12,13). The highest BCUT2D eigenvalue weighted by atomic mass is 79.9. The molecular formula is C9H15BrN4O2S. The van der Waals surface area contributed by atoms with E-state index in [1.807, 2.05) is 0 Å². The molecule has 0 atom stereocenters. The van der Waals surface area contributed by atoms with Gasteiger partial charge in [-0.05, 0) is 15.9 Å². The van der Waals surface area contributed by atoms with Crippen LogP contribution in [0.1, 0.15) is 0 Å². The topological polar surface area (TPSA) is 75.2 Å². The van der Waals surface area contributed by atoms with Crippen molar-refractivity contribution in [3.8, 4) is 0 Å². The Morgan fingerprint density at radius 2 is 2.12 bits per heavy atom. The van der Waals surface area contributed by atoms with Crippen molar-refractivity contribution in [1.82, 2.24) is 9.97 Å². The van der Waals surface area contributed by atoms with Crippen molar-refractivity contribution in [2.45, 2.75) is 0 Å². The molecule has 0 bridgehead atoms. The molecule has 0 aromatic carbocycles. The van der Waals surface area contributed by atoms with E-state index in [1.54, 1.807) is 19.0 Å². The molecule has 0 saturated heterocycles. The lowest BCUT2D eigenvalue weighted by molar-refractivity contribution is 0.601. The van der Waals surface area contributed by atoms with E-state index in [9.17, 15) is 8.42 Å². The van der Waals surface area contributed by atoms with E-state index < -0.39 is 9.84 Å². The Hall–Kier alpha value is -0.890. The summed E-state index contributed by atoms with van der Waals surface area (Å²) in [6, 6.07) is 0. The van der Waals surface area contributed by atoms with Gasteiger partial charge in [-0.15, -0.1) is 0 Å². The van der Waals surface area contributed by atoms with E-state index in [2.05, 4.69) is 31.2 Å². The van der Waals surface area contributed by atoms with Gasteiger partial charge in [0.25, 0.3) is 0 Å². The van der Waals surface area contributed by atoms with Gasteiger partial charge in [0.2, 0.25) is 0 Å². The molecule has 0 aliphatic carbocycles. The number of sulfone groups is 1. The summed E-state index contributed by atoms with van der Waals surface area (Å²) in [5.41, 5.74) is 0. The van der Waals surface area contributed by atoms with Crippen LogP contribution < -0.4 is 10.2 Å². The summed E-state index contributed by atoms with van der Waals surface area (Å²) < 4.78 is 22.9. The number of nitrogens with one attached hydrogen (secondary N) is 1. The second kappa shape index (κ2) is 5.63. The molecule has 0 fully saturated rings. The van der Waals surface area contributed by atoms with Crippen LogP contribution in [0.3, 0.4) is 0 Å². The smallest absolute Gasteiger partial charge is 0.149 e. The molecular weight excluding hydrogens is 308 g/mol. The maximum atomic E-state index is 11.1. The fraction of sp³-hybridized carbons (Fsp3) is 0.556. The molecule has 0 unspecified atom stereocenters. The Balaban J connectivity index is 2.86. The molecule has 0 aliphatic heterocycles. The maximum Gasteiger partial charge on any atom is 0.149 e. The molecule has 1 rings (SSSR count). The van der Waals surface area contributed by atoms with Crippen LogP contribution in [0, 0.1) is 0 Å². The van der Waals surface area contributed by atoms with E-state index in [0.29, 0.717) is 18.2 Å². The molecule has 0 radical (unpaired) electrons. The summed E-state index contributed by atoms with van der Waals surface area (Å²) in [5, 5.41) is 2.92. The Labute approximate surface area is 109 Å². The van der Waals surface area contributed by atoms with Crippen LogP contribution in [0.25, 0.3) is 0 Å². The summed E-state index contributed by atoms with van der Waals surface area (Å²) in [6.07, 6.45) is 2.65. The van der Waals surface area contributed by atoms with Gasteiger partial charge >= 0.3 is 0 Å². The van der Waals surface area contributed by atoms with Gasteiger partial charge in [0.15, 0.2) is 0 Å². The summed E-state index contributed by atoms with van der Waals surface area (Å²) in [7, 11) is 0.575. The van der Waals surface area contributed by atoms with Crippen LogP contribution in [0.2, 0.25) is 0 Å². The zero-order valence-corrected chi connectivity index (χ0v) is 12.3. The van der Waals surface area contributed by atoms with E-state index in [0.717, 1.165) is 4.47 Å². The SMILES string of the molecule is CNc1ncnc(N(C)CCS(C)(=O)=O)c1Br. The third-order valence-electron chi connectivity index (χ3n) is 2.17.